The van der Waals surface area contributed by atoms with Crippen LogP contribution in [0.4, 0.5) is 19.0 Å². The summed E-state index contributed by atoms with van der Waals surface area (Å²) in [5, 5.41) is 3.28. The van der Waals surface area contributed by atoms with Gasteiger partial charge in [-0.3, -0.25) is 0 Å². The van der Waals surface area contributed by atoms with Crippen molar-refractivity contribution in [1.29, 1.82) is 0 Å². The smallest absolute Gasteiger partial charge is 0.360 e. The summed E-state index contributed by atoms with van der Waals surface area (Å²) in [7, 11) is 0. The minimum Gasteiger partial charge on any atom is -0.360 e. The number of H-pyrrole nitrogens is 1. The van der Waals surface area contributed by atoms with Crippen LogP contribution < -0.4 is 5.32 Å². The highest BCUT2D eigenvalue weighted by molar-refractivity contribution is 5.84. The van der Waals surface area contributed by atoms with Crippen molar-refractivity contribution < 1.29 is 13.2 Å². The molecular weight excluding hydrogens is 431 g/mol. The lowest BCUT2D eigenvalue weighted by atomic mass is 10.00. The number of hydrogen-bond donors (Lipinski definition) is 2. The summed E-state index contributed by atoms with van der Waals surface area (Å²) in [5.74, 6) is 0.506. The largest absolute Gasteiger partial charge is 0.418 e. The molecule has 0 saturated carbocycles. The average molecular weight is 449 g/mol. The maximum absolute atomic E-state index is 13.7. The highest BCUT2D eigenvalue weighted by Crippen LogP contribution is 2.37. The second-order valence-electron chi connectivity index (χ2n) is 7.63. The number of anilines is 1. The highest BCUT2D eigenvalue weighted by Gasteiger charge is 2.34. The van der Waals surface area contributed by atoms with Gasteiger partial charge in [-0.1, -0.05) is 30.3 Å². The molecule has 0 aliphatic carbocycles. The summed E-state index contributed by atoms with van der Waals surface area (Å²) in [6.07, 6.45) is -1.64. The third kappa shape index (κ3) is 3.73. The van der Waals surface area contributed by atoms with Gasteiger partial charge in [0.05, 0.1) is 34.8 Å². The molecule has 0 amide bonds. The first-order valence-corrected chi connectivity index (χ1v) is 10.2. The predicted octanol–water partition coefficient (Wildman–Crippen LogP) is 5.46. The van der Waals surface area contributed by atoms with Crippen molar-refractivity contribution in [2.24, 2.45) is 0 Å². The van der Waals surface area contributed by atoms with Gasteiger partial charge in [0.25, 0.3) is 0 Å². The van der Waals surface area contributed by atoms with Crippen LogP contribution in [0.15, 0.2) is 55.1 Å². The van der Waals surface area contributed by atoms with Crippen molar-refractivity contribution >= 4 is 28.0 Å². The van der Waals surface area contributed by atoms with Crippen LogP contribution >= 0.6 is 0 Å². The number of imidazole rings is 1. The Morgan fingerprint density at radius 2 is 1.79 bits per heavy atom. The van der Waals surface area contributed by atoms with E-state index in [1.165, 1.54) is 24.8 Å². The Kier molecular flexibility index (Phi) is 4.92. The Morgan fingerprint density at radius 1 is 0.970 bits per heavy atom. The van der Waals surface area contributed by atoms with Crippen LogP contribution in [0.5, 0.6) is 0 Å². The van der Waals surface area contributed by atoms with E-state index in [1.54, 1.807) is 0 Å². The molecule has 2 aromatic carbocycles. The maximum atomic E-state index is 13.7. The van der Waals surface area contributed by atoms with Gasteiger partial charge in [0.15, 0.2) is 11.5 Å². The van der Waals surface area contributed by atoms with Gasteiger partial charge in [0.2, 0.25) is 0 Å². The predicted molar refractivity (Wildman–Crippen MR) is 118 cm³/mol. The van der Waals surface area contributed by atoms with Gasteiger partial charge in [-0.2, -0.15) is 13.2 Å². The second-order valence-corrected chi connectivity index (χ2v) is 7.63. The lowest BCUT2D eigenvalue weighted by Crippen LogP contribution is -2.14. The fourth-order valence-corrected chi connectivity index (χ4v) is 3.81. The summed E-state index contributed by atoms with van der Waals surface area (Å²) >= 11 is 0. The van der Waals surface area contributed by atoms with Crippen LogP contribution in [0, 0.1) is 6.92 Å². The van der Waals surface area contributed by atoms with Crippen LogP contribution in [-0.2, 0) is 6.18 Å². The van der Waals surface area contributed by atoms with E-state index < -0.39 is 17.8 Å². The van der Waals surface area contributed by atoms with Gasteiger partial charge in [-0.25, -0.2) is 24.9 Å². The number of nitrogens with one attached hydrogen (secondary N) is 2. The topological polar surface area (TPSA) is 92.3 Å². The lowest BCUT2D eigenvalue weighted by molar-refractivity contribution is -0.136. The van der Waals surface area contributed by atoms with E-state index >= 15 is 0 Å². The van der Waals surface area contributed by atoms with Crippen LogP contribution in [0.25, 0.3) is 33.5 Å². The van der Waals surface area contributed by atoms with Crippen molar-refractivity contribution in [3.05, 3.63) is 71.9 Å². The molecule has 0 aliphatic rings. The molecule has 0 bridgehead atoms. The number of hydrogen-bond acceptors (Lipinski definition) is 6. The zero-order valence-electron chi connectivity index (χ0n) is 17.6. The number of halogens is 3. The van der Waals surface area contributed by atoms with E-state index in [4.69, 9.17) is 0 Å². The Balaban J connectivity index is 1.71. The van der Waals surface area contributed by atoms with Gasteiger partial charge in [-0.05, 0) is 31.5 Å². The van der Waals surface area contributed by atoms with Crippen molar-refractivity contribution in [3.8, 4) is 11.3 Å². The van der Waals surface area contributed by atoms with E-state index in [0.29, 0.717) is 33.9 Å². The fraction of sp³-hybridized carbons (Fsp3) is 0.174. The number of para-hydroxylation sites is 1. The van der Waals surface area contributed by atoms with Gasteiger partial charge in [0.1, 0.15) is 17.4 Å². The van der Waals surface area contributed by atoms with Crippen LogP contribution in [0.2, 0.25) is 0 Å². The summed E-state index contributed by atoms with van der Waals surface area (Å²) in [6, 6.07) is 10.9. The Bertz CT molecular complexity index is 1480. The van der Waals surface area contributed by atoms with Crippen molar-refractivity contribution in [1.82, 2.24) is 29.9 Å². The number of rotatable bonds is 4. The Morgan fingerprint density at radius 3 is 2.58 bits per heavy atom. The van der Waals surface area contributed by atoms with E-state index in [2.05, 4.69) is 35.2 Å². The number of aryl methyl sites for hydroxylation is 1. The number of fused-ring (bicyclic) bond motifs is 2. The molecular formula is C23H18F3N7. The van der Waals surface area contributed by atoms with Crippen LogP contribution in [-0.4, -0.2) is 29.9 Å². The number of aromatic amines is 1. The normalized spacial score (nSPS) is 12.9. The maximum Gasteiger partial charge on any atom is 0.418 e. The van der Waals surface area contributed by atoms with Crippen molar-refractivity contribution in [2.45, 2.75) is 26.1 Å². The zero-order valence-corrected chi connectivity index (χ0v) is 17.6. The van der Waals surface area contributed by atoms with Crippen LogP contribution in [0.1, 0.15) is 29.8 Å². The molecule has 10 heteroatoms. The zero-order chi connectivity index (χ0) is 23.2. The molecule has 0 spiro atoms. The Hall–Kier alpha value is -4.08. The molecule has 0 unspecified atom stereocenters. The van der Waals surface area contributed by atoms with Crippen molar-refractivity contribution in [2.75, 3.05) is 5.32 Å². The molecule has 5 rings (SSSR count). The Labute approximate surface area is 186 Å². The number of alkyl halides is 3. The van der Waals surface area contributed by atoms with E-state index in [0.717, 1.165) is 11.6 Å². The molecule has 5 aromatic rings. The average Bonchev–Trinajstić information content (AvgIpc) is 3.27. The second kappa shape index (κ2) is 7.80. The molecule has 33 heavy (non-hydrogen) atoms. The molecule has 3 aromatic heterocycles. The lowest BCUT2D eigenvalue weighted by Gasteiger charge is -2.20. The summed E-state index contributed by atoms with van der Waals surface area (Å²) in [4.78, 5) is 24.7. The number of aromatic nitrogens is 6. The molecule has 166 valence electrons. The van der Waals surface area contributed by atoms with E-state index in [-0.39, 0.29) is 11.0 Å². The third-order valence-corrected chi connectivity index (χ3v) is 5.41. The molecule has 7 nitrogen and oxygen atoms in total. The SMILES string of the molecule is Cc1ccccc1-c1nc2c(C(F)(F)F)cccc2nc1[C@H](C)Nc1ncnc2nc[nH]c12. The summed E-state index contributed by atoms with van der Waals surface area (Å²) < 4.78 is 41.1. The molecule has 0 aliphatic heterocycles. The number of nitrogens with zero attached hydrogens (tertiary/aromatic N) is 5. The molecule has 0 radical (unpaired) electrons. The molecule has 0 saturated heterocycles. The van der Waals surface area contributed by atoms with Gasteiger partial charge < -0.3 is 10.3 Å². The van der Waals surface area contributed by atoms with E-state index in [9.17, 15) is 13.2 Å². The third-order valence-electron chi connectivity index (χ3n) is 5.41. The summed E-state index contributed by atoms with van der Waals surface area (Å²) in [5.41, 5.74) is 2.76. The molecule has 2 N–H and O–H groups in total. The minimum atomic E-state index is -4.55. The first-order valence-electron chi connectivity index (χ1n) is 10.2. The molecule has 3 heterocycles. The fourth-order valence-electron chi connectivity index (χ4n) is 3.81. The van der Waals surface area contributed by atoms with Gasteiger partial charge >= 0.3 is 6.18 Å². The number of benzene rings is 2. The minimum absolute atomic E-state index is 0.167. The molecule has 0 fully saturated rings. The van der Waals surface area contributed by atoms with Gasteiger partial charge in [-0.15, -0.1) is 0 Å². The highest BCUT2D eigenvalue weighted by atomic mass is 19.4. The van der Waals surface area contributed by atoms with Crippen molar-refractivity contribution in [3.63, 3.8) is 0 Å². The quantitative estimate of drug-likeness (QED) is 0.378. The van der Waals surface area contributed by atoms with Crippen LogP contribution in [0.3, 0.4) is 0 Å². The summed E-state index contributed by atoms with van der Waals surface area (Å²) in [6.45, 7) is 3.74. The van der Waals surface area contributed by atoms with E-state index in [1.807, 2.05) is 38.1 Å². The van der Waals surface area contributed by atoms with Gasteiger partial charge in [0, 0.05) is 5.56 Å². The standard InChI is InChI=1S/C23H18F3N7/c1-12-6-3-4-7-14(12)18-17(13(2)31-22-20-21(28-10-27-20)29-11-30-22)32-16-9-5-8-15(19(16)33-18)23(24,25)26/h3-11,13H,1-2H3,(H2,27,28,29,30,31)/t13-/m0/s1. The molecule has 1 atom stereocenters. The monoisotopic (exact) mass is 449 g/mol. The first-order chi connectivity index (χ1) is 15.8. The first kappa shape index (κ1) is 20.8.